The normalized spacial score (nSPS) is 10.1. The minimum absolute atomic E-state index is 0.132. The lowest BCUT2D eigenvalue weighted by atomic mass is 10.2. The summed E-state index contributed by atoms with van der Waals surface area (Å²) in [5, 5.41) is 9.26. The summed E-state index contributed by atoms with van der Waals surface area (Å²) in [5.41, 5.74) is 0.401. The van der Waals surface area contributed by atoms with Crippen LogP contribution in [-0.4, -0.2) is 35.9 Å². The van der Waals surface area contributed by atoms with E-state index < -0.39 is 5.78 Å². The van der Waals surface area contributed by atoms with Gasteiger partial charge in [0.1, 0.15) is 5.76 Å². The first-order chi connectivity index (χ1) is 8.15. The van der Waals surface area contributed by atoms with Gasteiger partial charge in [0.2, 0.25) is 5.78 Å². The number of hydrogen-bond donors (Lipinski definition) is 1. The maximum absolute atomic E-state index is 10.6. The van der Waals surface area contributed by atoms with E-state index in [4.69, 9.17) is 0 Å². The number of rotatable bonds is 4. The van der Waals surface area contributed by atoms with Crippen LogP contribution in [0, 0.1) is 0 Å². The van der Waals surface area contributed by atoms with Gasteiger partial charge >= 0.3 is 0 Å². The fraction of sp³-hybridized carbons (Fsp3) is 0.250. The van der Waals surface area contributed by atoms with Gasteiger partial charge in [0, 0.05) is 37.7 Å². The largest absolute Gasteiger partial charge is 0.507 e. The SMILES string of the molecule is CCOC.O=CC(=O)/C=C(\O)c1cccnc1. The van der Waals surface area contributed by atoms with Crippen LogP contribution in [0.5, 0.6) is 0 Å². The number of carbonyl (C=O) groups is 2. The smallest absolute Gasteiger partial charge is 0.221 e. The number of ether oxygens (including phenoxy) is 1. The van der Waals surface area contributed by atoms with Crippen molar-refractivity contribution in [1.82, 2.24) is 4.98 Å². The molecule has 1 heterocycles. The van der Waals surface area contributed by atoms with Crippen LogP contribution in [0.2, 0.25) is 0 Å². The van der Waals surface area contributed by atoms with Crippen molar-refractivity contribution in [3.63, 3.8) is 0 Å². The second-order valence-electron chi connectivity index (χ2n) is 2.87. The van der Waals surface area contributed by atoms with Gasteiger partial charge in [-0.3, -0.25) is 14.6 Å². The molecule has 17 heavy (non-hydrogen) atoms. The molecule has 0 aromatic carbocycles. The minimum Gasteiger partial charge on any atom is -0.507 e. The number of aldehydes is 1. The molecule has 0 atom stereocenters. The van der Waals surface area contributed by atoms with Crippen molar-refractivity contribution in [1.29, 1.82) is 0 Å². The number of allylic oxidation sites excluding steroid dienone is 1. The highest BCUT2D eigenvalue weighted by Crippen LogP contribution is 2.07. The molecule has 0 aliphatic rings. The predicted octanol–water partition coefficient (Wildman–Crippen LogP) is 1.40. The maximum Gasteiger partial charge on any atom is 0.221 e. The van der Waals surface area contributed by atoms with E-state index in [1.807, 2.05) is 6.92 Å². The van der Waals surface area contributed by atoms with Crippen molar-refractivity contribution in [3.05, 3.63) is 36.2 Å². The Morgan fingerprint density at radius 2 is 2.24 bits per heavy atom. The van der Waals surface area contributed by atoms with E-state index >= 15 is 0 Å². The fourth-order valence-corrected chi connectivity index (χ4v) is 0.766. The van der Waals surface area contributed by atoms with Crippen molar-refractivity contribution < 1.29 is 19.4 Å². The lowest BCUT2D eigenvalue weighted by molar-refractivity contribution is -0.126. The average Bonchev–Trinajstić information content (AvgIpc) is 2.39. The molecular weight excluding hydrogens is 222 g/mol. The molecular formula is C12H15NO4. The van der Waals surface area contributed by atoms with Crippen LogP contribution in [-0.2, 0) is 14.3 Å². The van der Waals surface area contributed by atoms with Crippen LogP contribution in [0.1, 0.15) is 12.5 Å². The zero-order chi connectivity index (χ0) is 13.1. The van der Waals surface area contributed by atoms with Crippen molar-refractivity contribution in [2.45, 2.75) is 6.92 Å². The van der Waals surface area contributed by atoms with Crippen LogP contribution in [0.25, 0.3) is 5.76 Å². The Morgan fingerprint density at radius 1 is 1.59 bits per heavy atom. The molecule has 1 N–H and O–H groups in total. The summed E-state index contributed by atoms with van der Waals surface area (Å²) >= 11 is 0. The maximum atomic E-state index is 10.6. The Bertz CT molecular complexity index is 371. The molecule has 0 amide bonds. The summed E-state index contributed by atoms with van der Waals surface area (Å²) in [6.45, 7) is 2.78. The highest BCUT2D eigenvalue weighted by Gasteiger charge is 2.00. The third-order valence-corrected chi connectivity index (χ3v) is 1.64. The first kappa shape index (κ1) is 15.0. The minimum atomic E-state index is -0.777. The summed E-state index contributed by atoms with van der Waals surface area (Å²) in [6.07, 6.45) is 3.92. The molecule has 0 saturated heterocycles. The van der Waals surface area contributed by atoms with Gasteiger partial charge in [-0.15, -0.1) is 0 Å². The van der Waals surface area contributed by atoms with Gasteiger partial charge in [-0.2, -0.15) is 0 Å². The highest BCUT2D eigenvalue weighted by atomic mass is 16.5. The van der Waals surface area contributed by atoms with Gasteiger partial charge in [0.25, 0.3) is 0 Å². The summed E-state index contributed by atoms with van der Waals surface area (Å²) in [7, 11) is 1.68. The van der Waals surface area contributed by atoms with E-state index in [0.717, 1.165) is 12.7 Å². The quantitative estimate of drug-likeness (QED) is 0.371. The van der Waals surface area contributed by atoms with Gasteiger partial charge in [-0.25, -0.2) is 0 Å². The van der Waals surface area contributed by atoms with Gasteiger partial charge in [0.05, 0.1) is 0 Å². The van der Waals surface area contributed by atoms with Crippen molar-refractivity contribution in [2.75, 3.05) is 13.7 Å². The molecule has 5 nitrogen and oxygen atoms in total. The van der Waals surface area contributed by atoms with Crippen LogP contribution in [0.15, 0.2) is 30.6 Å². The number of pyridine rings is 1. The Hall–Kier alpha value is -2.01. The molecule has 0 fully saturated rings. The lowest BCUT2D eigenvalue weighted by Crippen LogP contribution is -1.95. The Morgan fingerprint density at radius 3 is 2.65 bits per heavy atom. The molecule has 0 aliphatic heterocycles. The monoisotopic (exact) mass is 237 g/mol. The number of aromatic nitrogens is 1. The highest BCUT2D eigenvalue weighted by molar-refractivity contribution is 6.31. The fourth-order valence-electron chi connectivity index (χ4n) is 0.766. The topological polar surface area (TPSA) is 76.5 Å². The van der Waals surface area contributed by atoms with Crippen LogP contribution >= 0.6 is 0 Å². The summed E-state index contributed by atoms with van der Waals surface area (Å²) in [5.74, 6) is -1.04. The molecule has 0 spiro atoms. The molecule has 0 unspecified atom stereocenters. The second kappa shape index (κ2) is 9.23. The molecule has 5 heteroatoms. The van der Waals surface area contributed by atoms with Gasteiger partial charge in [0.15, 0.2) is 6.29 Å². The number of carbonyl (C=O) groups excluding carboxylic acids is 2. The van der Waals surface area contributed by atoms with E-state index in [1.165, 1.54) is 6.20 Å². The number of methoxy groups -OCH3 is 1. The van der Waals surface area contributed by atoms with E-state index in [9.17, 15) is 14.7 Å². The zero-order valence-electron chi connectivity index (χ0n) is 9.79. The molecule has 0 aliphatic carbocycles. The third-order valence-electron chi connectivity index (χ3n) is 1.64. The summed E-state index contributed by atoms with van der Waals surface area (Å²) in [4.78, 5) is 24.3. The Balaban J connectivity index is 0.000000557. The molecule has 92 valence electrons. The standard InChI is InChI=1S/C9H7NO3.C3H8O/c11-6-8(12)4-9(13)7-2-1-3-10-5-7;1-3-4-2/h1-6,13H;3H2,1-2H3/b9-4-;. The Labute approximate surface area is 99.8 Å². The summed E-state index contributed by atoms with van der Waals surface area (Å²) < 4.78 is 4.54. The van der Waals surface area contributed by atoms with Gasteiger partial charge < -0.3 is 9.84 Å². The van der Waals surface area contributed by atoms with Crippen LogP contribution < -0.4 is 0 Å². The van der Waals surface area contributed by atoms with E-state index in [2.05, 4.69) is 9.72 Å². The van der Waals surface area contributed by atoms with Crippen LogP contribution in [0.4, 0.5) is 0 Å². The first-order valence-corrected chi connectivity index (χ1v) is 4.94. The zero-order valence-corrected chi connectivity index (χ0v) is 9.79. The van der Waals surface area contributed by atoms with E-state index in [0.29, 0.717) is 5.56 Å². The molecule has 0 saturated carbocycles. The Kier molecular flexibility index (Phi) is 8.14. The molecule has 1 rings (SSSR count). The predicted molar refractivity (Wildman–Crippen MR) is 63.5 cm³/mol. The van der Waals surface area contributed by atoms with Crippen LogP contribution in [0.3, 0.4) is 0 Å². The number of nitrogens with zero attached hydrogens (tertiary/aromatic N) is 1. The third kappa shape index (κ3) is 6.97. The van der Waals surface area contributed by atoms with Gasteiger partial charge in [-0.05, 0) is 19.1 Å². The number of aliphatic hydroxyl groups excluding tert-OH is 1. The van der Waals surface area contributed by atoms with Crippen molar-refractivity contribution >= 4 is 17.8 Å². The average molecular weight is 237 g/mol. The second-order valence-corrected chi connectivity index (χ2v) is 2.87. The molecule has 0 radical (unpaired) electrons. The molecule has 1 aromatic rings. The number of ketones is 1. The van der Waals surface area contributed by atoms with E-state index in [1.54, 1.807) is 25.4 Å². The number of hydrogen-bond acceptors (Lipinski definition) is 5. The molecule has 0 bridgehead atoms. The van der Waals surface area contributed by atoms with Crippen molar-refractivity contribution in [2.24, 2.45) is 0 Å². The number of aliphatic hydroxyl groups is 1. The van der Waals surface area contributed by atoms with Gasteiger partial charge in [-0.1, -0.05) is 0 Å². The lowest BCUT2D eigenvalue weighted by Gasteiger charge is -1.96. The van der Waals surface area contributed by atoms with E-state index in [-0.39, 0.29) is 12.0 Å². The first-order valence-electron chi connectivity index (χ1n) is 4.94. The summed E-state index contributed by atoms with van der Waals surface area (Å²) in [6, 6.07) is 3.20. The van der Waals surface area contributed by atoms with Crippen molar-refractivity contribution in [3.8, 4) is 0 Å². The molecule has 1 aromatic heterocycles.